The van der Waals surface area contributed by atoms with Gasteiger partial charge in [0.25, 0.3) is 0 Å². The van der Waals surface area contributed by atoms with Gasteiger partial charge in [-0.3, -0.25) is 0 Å². The van der Waals surface area contributed by atoms with E-state index in [1.165, 1.54) is 4.31 Å². The zero-order valence-electron chi connectivity index (χ0n) is 11.2. The molecule has 0 spiro atoms. The second kappa shape index (κ2) is 6.03. The Morgan fingerprint density at radius 1 is 1.32 bits per heavy atom. The largest absolute Gasteiger partial charge is 0.396 e. The molecule has 0 amide bonds. The van der Waals surface area contributed by atoms with E-state index in [9.17, 15) is 8.42 Å². The smallest absolute Gasteiger partial charge is 0.243 e. The van der Waals surface area contributed by atoms with Crippen molar-refractivity contribution in [2.24, 2.45) is 5.92 Å². The summed E-state index contributed by atoms with van der Waals surface area (Å²) in [6.45, 7) is 3.09. The predicted octanol–water partition coefficient (Wildman–Crippen LogP) is 1.64. The van der Waals surface area contributed by atoms with Crippen molar-refractivity contribution < 1.29 is 13.5 Å². The molecule has 5 heteroatoms. The minimum atomic E-state index is -3.39. The summed E-state index contributed by atoms with van der Waals surface area (Å²) in [6.07, 6.45) is 2.76. The van der Waals surface area contributed by atoms with Crippen LogP contribution in [0, 0.1) is 5.92 Å². The van der Waals surface area contributed by atoms with E-state index < -0.39 is 10.0 Å². The lowest BCUT2D eigenvalue weighted by atomic mass is 10.1. The van der Waals surface area contributed by atoms with Crippen LogP contribution < -0.4 is 0 Å². The summed E-state index contributed by atoms with van der Waals surface area (Å²) in [6, 6.07) is 7.14. The number of aryl methyl sites for hydroxylation is 1. The SMILES string of the molecule is CCCc1ccc(S(=O)(=O)N2CCC(CO)C2)cc1. The summed E-state index contributed by atoms with van der Waals surface area (Å²) in [7, 11) is -3.39. The van der Waals surface area contributed by atoms with Gasteiger partial charge in [0.1, 0.15) is 0 Å². The van der Waals surface area contributed by atoms with Crippen molar-refractivity contribution in [2.45, 2.75) is 31.1 Å². The van der Waals surface area contributed by atoms with Gasteiger partial charge in [-0.15, -0.1) is 0 Å². The van der Waals surface area contributed by atoms with E-state index in [-0.39, 0.29) is 12.5 Å². The molecule has 4 nitrogen and oxygen atoms in total. The molecule has 0 aliphatic carbocycles. The van der Waals surface area contributed by atoms with Crippen LogP contribution in [0.25, 0.3) is 0 Å². The lowest BCUT2D eigenvalue weighted by Gasteiger charge is -2.16. The molecule has 1 aliphatic heterocycles. The number of rotatable bonds is 5. The maximum Gasteiger partial charge on any atom is 0.243 e. The maximum absolute atomic E-state index is 12.4. The molecule has 2 rings (SSSR count). The average molecular weight is 283 g/mol. The third-order valence-corrected chi connectivity index (χ3v) is 5.49. The summed E-state index contributed by atoms with van der Waals surface area (Å²) in [5, 5.41) is 9.09. The highest BCUT2D eigenvalue weighted by Crippen LogP contribution is 2.24. The molecule has 1 aliphatic rings. The Balaban J connectivity index is 2.15. The predicted molar refractivity (Wildman–Crippen MR) is 74.4 cm³/mol. The normalized spacial score (nSPS) is 20.8. The molecule has 0 radical (unpaired) electrons. The molecule has 0 bridgehead atoms. The monoisotopic (exact) mass is 283 g/mol. The topological polar surface area (TPSA) is 57.6 Å². The average Bonchev–Trinajstić information content (AvgIpc) is 2.89. The second-order valence-electron chi connectivity index (χ2n) is 5.09. The zero-order chi connectivity index (χ0) is 13.9. The van der Waals surface area contributed by atoms with Crippen LogP contribution in [-0.2, 0) is 16.4 Å². The minimum Gasteiger partial charge on any atom is -0.396 e. The molecule has 1 atom stereocenters. The summed E-state index contributed by atoms with van der Waals surface area (Å²) < 4.78 is 26.3. The van der Waals surface area contributed by atoms with Gasteiger partial charge in [0.15, 0.2) is 0 Å². The fourth-order valence-corrected chi connectivity index (χ4v) is 3.96. The Labute approximate surface area is 115 Å². The van der Waals surface area contributed by atoms with Gasteiger partial charge in [0.2, 0.25) is 10.0 Å². The van der Waals surface area contributed by atoms with E-state index >= 15 is 0 Å². The molecule has 0 saturated carbocycles. The Bertz CT molecular complexity index is 510. The molecule has 1 unspecified atom stereocenters. The lowest BCUT2D eigenvalue weighted by Crippen LogP contribution is -2.29. The number of hydrogen-bond acceptors (Lipinski definition) is 3. The van der Waals surface area contributed by atoms with Crippen LogP contribution >= 0.6 is 0 Å². The van der Waals surface area contributed by atoms with Crippen LogP contribution in [0.4, 0.5) is 0 Å². The van der Waals surface area contributed by atoms with Crippen LogP contribution in [0.5, 0.6) is 0 Å². The highest BCUT2D eigenvalue weighted by Gasteiger charge is 2.31. The van der Waals surface area contributed by atoms with Crippen molar-refractivity contribution in [3.8, 4) is 0 Å². The Morgan fingerprint density at radius 3 is 2.53 bits per heavy atom. The molecule has 106 valence electrons. The summed E-state index contributed by atoms with van der Waals surface area (Å²) in [4.78, 5) is 0.353. The van der Waals surface area contributed by atoms with Crippen molar-refractivity contribution in [2.75, 3.05) is 19.7 Å². The third-order valence-electron chi connectivity index (χ3n) is 3.61. The highest BCUT2D eigenvalue weighted by molar-refractivity contribution is 7.89. The lowest BCUT2D eigenvalue weighted by molar-refractivity contribution is 0.233. The van der Waals surface area contributed by atoms with Gasteiger partial charge in [-0.1, -0.05) is 25.5 Å². The first-order valence-electron chi connectivity index (χ1n) is 6.78. The van der Waals surface area contributed by atoms with Crippen LogP contribution in [-0.4, -0.2) is 37.5 Å². The third kappa shape index (κ3) is 3.16. The fraction of sp³-hybridized carbons (Fsp3) is 0.571. The van der Waals surface area contributed by atoms with Gasteiger partial charge in [0, 0.05) is 19.7 Å². The molecular formula is C14H21NO3S. The molecule has 1 heterocycles. The summed E-state index contributed by atoms with van der Waals surface area (Å²) >= 11 is 0. The van der Waals surface area contributed by atoms with Crippen LogP contribution in [0.3, 0.4) is 0 Å². The van der Waals surface area contributed by atoms with Gasteiger partial charge in [-0.25, -0.2) is 8.42 Å². The van der Waals surface area contributed by atoms with Crippen molar-refractivity contribution in [1.82, 2.24) is 4.31 Å². The highest BCUT2D eigenvalue weighted by atomic mass is 32.2. The molecule has 1 aromatic carbocycles. The molecule has 1 N–H and O–H groups in total. The van der Waals surface area contributed by atoms with Crippen LogP contribution in [0.2, 0.25) is 0 Å². The van der Waals surface area contributed by atoms with Gasteiger partial charge in [-0.2, -0.15) is 4.31 Å². The van der Waals surface area contributed by atoms with Crippen molar-refractivity contribution in [1.29, 1.82) is 0 Å². The molecule has 0 aromatic heterocycles. The molecule has 1 saturated heterocycles. The number of aliphatic hydroxyl groups is 1. The van der Waals surface area contributed by atoms with Gasteiger partial charge < -0.3 is 5.11 Å². The maximum atomic E-state index is 12.4. The van der Waals surface area contributed by atoms with Gasteiger partial charge in [-0.05, 0) is 36.5 Å². The van der Waals surface area contributed by atoms with E-state index in [1.807, 2.05) is 12.1 Å². The van der Waals surface area contributed by atoms with E-state index in [0.717, 1.165) is 24.8 Å². The Kier molecular flexibility index (Phi) is 4.60. The fourth-order valence-electron chi connectivity index (χ4n) is 2.43. The van der Waals surface area contributed by atoms with E-state index in [0.29, 0.717) is 18.0 Å². The summed E-state index contributed by atoms with van der Waals surface area (Å²) in [5.74, 6) is 0.0779. The number of sulfonamides is 1. The minimum absolute atomic E-state index is 0.0570. The van der Waals surface area contributed by atoms with Crippen LogP contribution in [0.1, 0.15) is 25.3 Å². The number of nitrogens with zero attached hydrogens (tertiary/aromatic N) is 1. The van der Waals surface area contributed by atoms with Gasteiger partial charge in [0.05, 0.1) is 4.90 Å². The van der Waals surface area contributed by atoms with Gasteiger partial charge >= 0.3 is 0 Å². The quantitative estimate of drug-likeness (QED) is 0.894. The molecular weight excluding hydrogens is 262 g/mol. The van der Waals surface area contributed by atoms with Crippen molar-refractivity contribution in [3.05, 3.63) is 29.8 Å². The van der Waals surface area contributed by atoms with E-state index in [1.54, 1.807) is 12.1 Å². The van der Waals surface area contributed by atoms with E-state index in [2.05, 4.69) is 6.92 Å². The summed E-state index contributed by atoms with van der Waals surface area (Å²) in [5.41, 5.74) is 1.16. The Hall–Kier alpha value is -0.910. The number of aliphatic hydroxyl groups excluding tert-OH is 1. The number of hydrogen-bond donors (Lipinski definition) is 1. The Morgan fingerprint density at radius 2 is 2.00 bits per heavy atom. The van der Waals surface area contributed by atoms with Crippen molar-refractivity contribution >= 4 is 10.0 Å². The molecule has 19 heavy (non-hydrogen) atoms. The first kappa shape index (κ1) is 14.5. The zero-order valence-corrected chi connectivity index (χ0v) is 12.1. The number of benzene rings is 1. The van der Waals surface area contributed by atoms with E-state index in [4.69, 9.17) is 5.11 Å². The second-order valence-corrected chi connectivity index (χ2v) is 7.03. The van der Waals surface area contributed by atoms with Crippen LogP contribution in [0.15, 0.2) is 29.2 Å². The standard InChI is InChI=1S/C14H21NO3S/c1-2-3-12-4-6-14(7-5-12)19(17,18)15-9-8-13(10-15)11-16/h4-7,13,16H,2-3,8-11H2,1H3. The molecule has 1 fully saturated rings. The molecule has 1 aromatic rings. The van der Waals surface area contributed by atoms with Crippen molar-refractivity contribution in [3.63, 3.8) is 0 Å². The first-order chi connectivity index (χ1) is 9.07. The first-order valence-corrected chi connectivity index (χ1v) is 8.22.